The second kappa shape index (κ2) is 6.71. The van der Waals surface area contributed by atoms with E-state index in [-0.39, 0.29) is 12.1 Å². The van der Waals surface area contributed by atoms with Crippen molar-refractivity contribution in [2.24, 2.45) is 10.7 Å². The molecule has 1 aliphatic rings. The molecule has 0 spiro atoms. The van der Waals surface area contributed by atoms with Gasteiger partial charge in [0.05, 0.1) is 0 Å². The molecule has 1 aliphatic heterocycles. The van der Waals surface area contributed by atoms with Crippen LogP contribution in [0.5, 0.6) is 0 Å². The van der Waals surface area contributed by atoms with Crippen LogP contribution in [0.3, 0.4) is 0 Å². The average molecular weight is 292 g/mol. The molecule has 1 amide bonds. The van der Waals surface area contributed by atoms with Crippen molar-refractivity contribution in [2.45, 2.75) is 32.8 Å². The van der Waals surface area contributed by atoms with Gasteiger partial charge in [0, 0.05) is 26.2 Å². The lowest BCUT2D eigenvalue weighted by atomic mass is 10.2. The van der Waals surface area contributed by atoms with E-state index >= 15 is 0 Å². The van der Waals surface area contributed by atoms with Crippen molar-refractivity contribution in [1.82, 2.24) is 9.80 Å². The Labute approximate surface area is 117 Å². The molecule has 1 fully saturated rings. The molecule has 8 heteroatoms. The minimum absolute atomic E-state index is 0.0918. The van der Waals surface area contributed by atoms with Crippen molar-refractivity contribution >= 4 is 12.1 Å². The highest BCUT2D eigenvalue weighted by Gasteiger charge is 2.26. The molecule has 2 N–H and O–H groups in total. The first-order valence-electron chi connectivity index (χ1n) is 6.50. The summed E-state index contributed by atoms with van der Waals surface area (Å²) in [5, 5.41) is 0. The summed E-state index contributed by atoms with van der Waals surface area (Å²) in [4.78, 5) is 18.7. The van der Waals surface area contributed by atoms with E-state index in [0.29, 0.717) is 26.2 Å². The van der Waals surface area contributed by atoms with Gasteiger partial charge in [-0.1, -0.05) is 0 Å². The van der Waals surface area contributed by atoms with Crippen LogP contribution >= 0.6 is 0 Å². The van der Waals surface area contributed by atoms with Gasteiger partial charge in [-0.2, -0.15) is 0 Å². The third-order valence-electron chi connectivity index (χ3n) is 2.65. The second-order valence-corrected chi connectivity index (χ2v) is 5.54. The molecule has 0 unspecified atom stereocenters. The first kappa shape index (κ1) is 16.5. The summed E-state index contributed by atoms with van der Waals surface area (Å²) < 4.78 is 29.3. The van der Waals surface area contributed by atoms with Crippen molar-refractivity contribution in [3.05, 3.63) is 0 Å². The van der Waals surface area contributed by atoms with Crippen molar-refractivity contribution in [3.63, 3.8) is 0 Å². The van der Waals surface area contributed by atoms with Gasteiger partial charge < -0.3 is 20.3 Å². The SMILES string of the molecule is CC(C)(C)OC(=O)N1CCN(C(N)=NCC(F)F)CC1. The molecule has 0 aliphatic carbocycles. The molecule has 0 atom stereocenters. The molecule has 0 aromatic carbocycles. The van der Waals surface area contributed by atoms with Crippen molar-refractivity contribution in [1.29, 1.82) is 0 Å². The number of nitrogens with two attached hydrogens (primary N) is 1. The standard InChI is InChI=1S/C12H22F2N4O2/c1-12(2,3)20-11(19)18-6-4-17(5-7-18)10(15)16-8-9(13)14/h9H,4-8H2,1-3H3,(H2,15,16). The fourth-order valence-corrected chi connectivity index (χ4v) is 1.71. The monoisotopic (exact) mass is 292 g/mol. The number of amides is 1. The van der Waals surface area contributed by atoms with Crippen LogP contribution in [0, 0.1) is 0 Å². The number of ether oxygens (including phenoxy) is 1. The smallest absolute Gasteiger partial charge is 0.410 e. The Morgan fingerprint density at radius 2 is 1.75 bits per heavy atom. The zero-order valence-electron chi connectivity index (χ0n) is 12.1. The Morgan fingerprint density at radius 1 is 1.25 bits per heavy atom. The summed E-state index contributed by atoms with van der Waals surface area (Å²) in [5.41, 5.74) is 5.09. The summed E-state index contributed by atoms with van der Waals surface area (Å²) in [6, 6.07) is 0. The number of guanidine groups is 1. The average Bonchev–Trinajstić information content (AvgIpc) is 2.34. The van der Waals surface area contributed by atoms with Crippen molar-refractivity contribution < 1.29 is 18.3 Å². The highest BCUT2D eigenvalue weighted by Crippen LogP contribution is 2.11. The zero-order chi connectivity index (χ0) is 15.3. The van der Waals surface area contributed by atoms with Gasteiger partial charge in [0.2, 0.25) is 0 Å². The predicted octanol–water partition coefficient (Wildman–Crippen LogP) is 1.12. The van der Waals surface area contributed by atoms with Gasteiger partial charge in [-0.05, 0) is 20.8 Å². The number of alkyl halides is 2. The normalized spacial score (nSPS) is 17.6. The topological polar surface area (TPSA) is 71.2 Å². The predicted molar refractivity (Wildman–Crippen MR) is 71.9 cm³/mol. The zero-order valence-corrected chi connectivity index (χ0v) is 12.1. The van der Waals surface area contributed by atoms with Gasteiger partial charge in [0.1, 0.15) is 12.1 Å². The van der Waals surface area contributed by atoms with Gasteiger partial charge in [-0.15, -0.1) is 0 Å². The van der Waals surface area contributed by atoms with E-state index in [1.165, 1.54) is 0 Å². The second-order valence-electron chi connectivity index (χ2n) is 5.54. The lowest BCUT2D eigenvalue weighted by Gasteiger charge is -2.36. The van der Waals surface area contributed by atoms with Gasteiger partial charge >= 0.3 is 6.09 Å². The van der Waals surface area contributed by atoms with Crippen LogP contribution in [-0.4, -0.2) is 66.6 Å². The molecule has 1 saturated heterocycles. The highest BCUT2D eigenvalue weighted by atomic mass is 19.3. The third-order valence-corrected chi connectivity index (χ3v) is 2.65. The summed E-state index contributed by atoms with van der Waals surface area (Å²) in [5.74, 6) is 0.0918. The van der Waals surface area contributed by atoms with Crippen LogP contribution in [0.4, 0.5) is 13.6 Å². The quantitative estimate of drug-likeness (QED) is 0.611. The number of carbonyl (C=O) groups is 1. The third kappa shape index (κ3) is 5.58. The maximum absolute atomic E-state index is 12.0. The Kier molecular flexibility index (Phi) is 5.52. The maximum Gasteiger partial charge on any atom is 0.410 e. The lowest BCUT2D eigenvalue weighted by molar-refractivity contribution is 0.0186. The summed E-state index contributed by atoms with van der Waals surface area (Å²) in [6.45, 7) is 6.58. The minimum Gasteiger partial charge on any atom is -0.444 e. The van der Waals surface area contributed by atoms with Crippen LogP contribution in [0.15, 0.2) is 4.99 Å². The summed E-state index contributed by atoms with van der Waals surface area (Å²) >= 11 is 0. The van der Waals surface area contributed by atoms with E-state index in [2.05, 4.69) is 4.99 Å². The molecule has 1 rings (SSSR count). The van der Waals surface area contributed by atoms with E-state index in [1.807, 2.05) is 0 Å². The number of hydrogen-bond donors (Lipinski definition) is 1. The Hall–Kier alpha value is -1.60. The molecule has 20 heavy (non-hydrogen) atoms. The summed E-state index contributed by atoms with van der Waals surface area (Å²) in [7, 11) is 0. The molecule has 6 nitrogen and oxygen atoms in total. The molecule has 0 aromatic heterocycles. The van der Waals surface area contributed by atoms with Crippen LogP contribution < -0.4 is 5.73 Å². The Bertz CT molecular complexity index is 361. The fourth-order valence-electron chi connectivity index (χ4n) is 1.71. The molecule has 0 aromatic rings. The molecule has 0 saturated carbocycles. The Morgan fingerprint density at radius 3 is 2.20 bits per heavy atom. The van der Waals surface area contributed by atoms with E-state index < -0.39 is 18.6 Å². The minimum atomic E-state index is -2.50. The van der Waals surface area contributed by atoms with Crippen molar-refractivity contribution in [3.8, 4) is 0 Å². The fraction of sp³-hybridized carbons (Fsp3) is 0.833. The summed E-state index contributed by atoms with van der Waals surface area (Å²) in [6.07, 6.45) is -2.88. The van der Waals surface area contributed by atoms with Crippen LogP contribution in [-0.2, 0) is 4.74 Å². The van der Waals surface area contributed by atoms with E-state index in [4.69, 9.17) is 10.5 Å². The largest absolute Gasteiger partial charge is 0.444 e. The Balaban J connectivity index is 2.43. The number of nitrogens with zero attached hydrogens (tertiary/aromatic N) is 3. The molecule has 116 valence electrons. The number of piperazine rings is 1. The van der Waals surface area contributed by atoms with Gasteiger partial charge in [-0.3, -0.25) is 0 Å². The lowest BCUT2D eigenvalue weighted by Crippen LogP contribution is -2.53. The van der Waals surface area contributed by atoms with Gasteiger partial charge in [0.15, 0.2) is 5.96 Å². The number of aliphatic imine (C=N–C) groups is 1. The number of hydrogen-bond acceptors (Lipinski definition) is 3. The van der Waals surface area contributed by atoms with Crippen molar-refractivity contribution in [2.75, 3.05) is 32.7 Å². The molecular formula is C12H22F2N4O2. The van der Waals surface area contributed by atoms with Crippen LogP contribution in [0.2, 0.25) is 0 Å². The molecule has 0 bridgehead atoms. The molecule has 0 radical (unpaired) electrons. The maximum atomic E-state index is 12.0. The number of halogens is 2. The van der Waals surface area contributed by atoms with Gasteiger partial charge in [-0.25, -0.2) is 18.6 Å². The number of rotatable bonds is 2. The van der Waals surface area contributed by atoms with E-state index in [9.17, 15) is 13.6 Å². The first-order chi connectivity index (χ1) is 9.19. The van der Waals surface area contributed by atoms with Crippen LogP contribution in [0.25, 0.3) is 0 Å². The van der Waals surface area contributed by atoms with E-state index in [1.54, 1.807) is 30.6 Å². The molecular weight excluding hydrogens is 270 g/mol. The first-order valence-corrected chi connectivity index (χ1v) is 6.50. The van der Waals surface area contributed by atoms with Gasteiger partial charge in [0.25, 0.3) is 6.43 Å². The highest BCUT2D eigenvalue weighted by molar-refractivity contribution is 5.78. The molecule has 1 heterocycles. The van der Waals surface area contributed by atoms with Crippen LogP contribution in [0.1, 0.15) is 20.8 Å². The number of carbonyl (C=O) groups excluding carboxylic acids is 1. The van der Waals surface area contributed by atoms with E-state index in [0.717, 1.165) is 0 Å².